The van der Waals surface area contributed by atoms with E-state index in [-0.39, 0.29) is 5.91 Å². The summed E-state index contributed by atoms with van der Waals surface area (Å²) in [6.45, 7) is 5.37. The summed E-state index contributed by atoms with van der Waals surface area (Å²) < 4.78 is 5.43. The van der Waals surface area contributed by atoms with Crippen molar-refractivity contribution in [1.29, 1.82) is 5.26 Å². The van der Waals surface area contributed by atoms with Gasteiger partial charge in [-0.15, -0.1) is 0 Å². The molecule has 1 amide bonds. The van der Waals surface area contributed by atoms with Gasteiger partial charge < -0.3 is 9.73 Å². The molecule has 5 heteroatoms. The molecule has 2 rings (SSSR count). The Kier molecular flexibility index (Phi) is 3.82. The quantitative estimate of drug-likeness (QED) is 0.909. The van der Waals surface area contributed by atoms with Gasteiger partial charge in [0.05, 0.1) is 27.9 Å². The number of nitriles is 1. The Hall–Kier alpha value is -2.25. The van der Waals surface area contributed by atoms with Gasteiger partial charge in [-0.2, -0.15) is 5.26 Å². The first-order chi connectivity index (χ1) is 9.43. The van der Waals surface area contributed by atoms with Crippen LogP contribution in [0.2, 0.25) is 5.02 Å². The first kappa shape index (κ1) is 14.2. The normalized spacial score (nSPS) is 10.2. The van der Waals surface area contributed by atoms with E-state index < -0.39 is 0 Å². The zero-order chi connectivity index (χ0) is 14.9. The number of rotatable bonds is 2. The molecule has 1 N–H and O–H groups in total. The lowest BCUT2D eigenvalue weighted by Gasteiger charge is -2.07. The van der Waals surface area contributed by atoms with Crippen LogP contribution < -0.4 is 5.32 Å². The molecule has 20 heavy (non-hydrogen) atoms. The predicted molar refractivity (Wildman–Crippen MR) is 77.0 cm³/mol. The number of furan rings is 1. The largest absolute Gasteiger partial charge is 0.466 e. The lowest BCUT2D eigenvalue weighted by Crippen LogP contribution is -2.14. The maximum Gasteiger partial charge on any atom is 0.259 e. The molecule has 0 saturated heterocycles. The standard InChI is InChI=1S/C15H13ClN2O2/c1-8-9(2)20-10(3)14(8)15(19)18-13-6-11(7-17)4-5-12(13)16/h4-6H,1-3H3,(H,18,19). The molecule has 0 bridgehead atoms. The van der Waals surface area contributed by atoms with Crippen LogP contribution in [0, 0.1) is 32.1 Å². The third-order valence-corrected chi connectivity index (χ3v) is 3.46. The van der Waals surface area contributed by atoms with Gasteiger partial charge >= 0.3 is 0 Å². The summed E-state index contributed by atoms with van der Waals surface area (Å²) in [5.41, 5.74) is 2.14. The molecule has 2 aromatic rings. The van der Waals surface area contributed by atoms with E-state index in [4.69, 9.17) is 21.3 Å². The van der Waals surface area contributed by atoms with Crippen molar-refractivity contribution in [2.75, 3.05) is 5.32 Å². The lowest BCUT2D eigenvalue weighted by molar-refractivity contribution is 0.102. The number of aryl methyl sites for hydroxylation is 2. The Morgan fingerprint density at radius 2 is 2.00 bits per heavy atom. The van der Waals surface area contributed by atoms with E-state index in [0.29, 0.717) is 33.4 Å². The van der Waals surface area contributed by atoms with E-state index >= 15 is 0 Å². The van der Waals surface area contributed by atoms with Crippen LogP contribution in [0.1, 0.15) is 33.0 Å². The molecular weight excluding hydrogens is 276 g/mol. The number of hydrogen-bond acceptors (Lipinski definition) is 3. The minimum absolute atomic E-state index is 0.297. The van der Waals surface area contributed by atoms with Crippen molar-refractivity contribution in [3.05, 3.63) is 51.4 Å². The van der Waals surface area contributed by atoms with Gasteiger partial charge in [0, 0.05) is 5.56 Å². The Morgan fingerprint density at radius 3 is 2.55 bits per heavy atom. The molecule has 0 atom stereocenters. The number of nitrogens with one attached hydrogen (secondary N) is 1. The van der Waals surface area contributed by atoms with Crippen LogP contribution in [0.25, 0.3) is 0 Å². The molecule has 0 unspecified atom stereocenters. The SMILES string of the molecule is Cc1oc(C)c(C(=O)Nc2cc(C#N)ccc2Cl)c1C. The van der Waals surface area contributed by atoms with Crippen LogP contribution >= 0.6 is 11.6 Å². The first-order valence-electron chi connectivity index (χ1n) is 6.01. The molecule has 0 aliphatic heterocycles. The highest BCUT2D eigenvalue weighted by Gasteiger charge is 2.19. The van der Waals surface area contributed by atoms with Crippen molar-refractivity contribution >= 4 is 23.2 Å². The van der Waals surface area contributed by atoms with Gasteiger partial charge in [-0.1, -0.05) is 11.6 Å². The molecule has 102 valence electrons. The van der Waals surface area contributed by atoms with E-state index in [1.165, 1.54) is 6.07 Å². The second kappa shape index (κ2) is 5.40. The molecule has 0 fully saturated rings. The van der Waals surface area contributed by atoms with Crippen LogP contribution in [-0.4, -0.2) is 5.91 Å². The van der Waals surface area contributed by atoms with Crippen molar-refractivity contribution in [3.8, 4) is 6.07 Å². The smallest absolute Gasteiger partial charge is 0.259 e. The number of amides is 1. The maximum absolute atomic E-state index is 12.3. The predicted octanol–water partition coefficient (Wildman–Crippen LogP) is 3.98. The van der Waals surface area contributed by atoms with Crippen molar-refractivity contribution in [2.24, 2.45) is 0 Å². The molecular formula is C15H13ClN2O2. The summed E-state index contributed by atoms with van der Waals surface area (Å²) in [5.74, 6) is 0.975. The van der Waals surface area contributed by atoms with Gasteiger partial charge in [0.2, 0.25) is 0 Å². The van der Waals surface area contributed by atoms with E-state index in [2.05, 4.69) is 5.32 Å². The van der Waals surface area contributed by atoms with Gasteiger partial charge in [-0.25, -0.2) is 0 Å². The average Bonchev–Trinajstić information content (AvgIpc) is 2.66. The summed E-state index contributed by atoms with van der Waals surface area (Å²) in [7, 11) is 0. The van der Waals surface area contributed by atoms with E-state index in [1.54, 1.807) is 19.1 Å². The molecule has 0 radical (unpaired) electrons. The lowest BCUT2D eigenvalue weighted by atomic mass is 10.1. The molecule has 0 aliphatic rings. The highest BCUT2D eigenvalue weighted by atomic mass is 35.5. The third kappa shape index (κ3) is 2.54. The fourth-order valence-corrected chi connectivity index (χ4v) is 2.17. The number of hydrogen-bond donors (Lipinski definition) is 1. The number of benzene rings is 1. The van der Waals surface area contributed by atoms with Gasteiger partial charge in [0.1, 0.15) is 11.5 Å². The number of carbonyl (C=O) groups is 1. The summed E-state index contributed by atoms with van der Waals surface area (Å²) in [4.78, 5) is 12.3. The van der Waals surface area contributed by atoms with Crippen molar-refractivity contribution < 1.29 is 9.21 Å². The number of carbonyl (C=O) groups excluding carboxylic acids is 1. The fourth-order valence-electron chi connectivity index (χ4n) is 2.00. The highest BCUT2D eigenvalue weighted by Crippen LogP contribution is 2.26. The minimum Gasteiger partial charge on any atom is -0.466 e. The van der Waals surface area contributed by atoms with Crippen LogP contribution in [0.3, 0.4) is 0 Å². The van der Waals surface area contributed by atoms with Crippen molar-refractivity contribution in [3.63, 3.8) is 0 Å². The van der Waals surface area contributed by atoms with Gasteiger partial charge in [0.15, 0.2) is 0 Å². The second-order valence-corrected chi connectivity index (χ2v) is 4.88. The second-order valence-electron chi connectivity index (χ2n) is 4.47. The van der Waals surface area contributed by atoms with Crippen molar-refractivity contribution in [2.45, 2.75) is 20.8 Å². The first-order valence-corrected chi connectivity index (χ1v) is 6.39. The van der Waals surface area contributed by atoms with Crippen LogP contribution in [0.15, 0.2) is 22.6 Å². The van der Waals surface area contributed by atoms with Gasteiger partial charge in [-0.3, -0.25) is 4.79 Å². The molecule has 1 heterocycles. The van der Waals surface area contributed by atoms with E-state index in [1.807, 2.05) is 19.9 Å². The highest BCUT2D eigenvalue weighted by molar-refractivity contribution is 6.34. The summed E-state index contributed by atoms with van der Waals surface area (Å²) in [6, 6.07) is 6.72. The molecule has 0 aliphatic carbocycles. The zero-order valence-electron chi connectivity index (χ0n) is 11.4. The molecule has 0 saturated carbocycles. The average molecular weight is 289 g/mol. The maximum atomic E-state index is 12.3. The number of nitrogens with zero attached hydrogens (tertiary/aromatic N) is 1. The van der Waals surface area contributed by atoms with Gasteiger partial charge in [0.25, 0.3) is 5.91 Å². The topological polar surface area (TPSA) is 66.0 Å². The Balaban J connectivity index is 2.35. The number of halogens is 1. The minimum atomic E-state index is -0.297. The monoisotopic (exact) mass is 288 g/mol. The molecule has 0 spiro atoms. The molecule has 1 aromatic carbocycles. The van der Waals surface area contributed by atoms with Crippen LogP contribution in [-0.2, 0) is 0 Å². The van der Waals surface area contributed by atoms with Crippen molar-refractivity contribution in [1.82, 2.24) is 0 Å². The van der Waals surface area contributed by atoms with Crippen LogP contribution in [0.4, 0.5) is 5.69 Å². The number of anilines is 1. The third-order valence-electron chi connectivity index (χ3n) is 3.13. The Bertz CT molecular complexity index is 726. The van der Waals surface area contributed by atoms with E-state index in [0.717, 1.165) is 5.56 Å². The zero-order valence-corrected chi connectivity index (χ0v) is 12.1. The summed E-state index contributed by atoms with van der Waals surface area (Å²) in [5, 5.41) is 12.0. The summed E-state index contributed by atoms with van der Waals surface area (Å²) >= 11 is 6.02. The summed E-state index contributed by atoms with van der Waals surface area (Å²) in [6.07, 6.45) is 0. The van der Waals surface area contributed by atoms with Gasteiger partial charge in [-0.05, 0) is 39.0 Å². The Labute approximate surface area is 122 Å². The Morgan fingerprint density at radius 1 is 1.30 bits per heavy atom. The molecule has 4 nitrogen and oxygen atoms in total. The van der Waals surface area contributed by atoms with Crippen LogP contribution in [0.5, 0.6) is 0 Å². The fraction of sp³-hybridized carbons (Fsp3) is 0.200. The molecule has 1 aromatic heterocycles. The van der Waals surface area contributed by atoms with E-state index in [9.17, 15) is 4.79 Å².